The molecule has 3 aliphatic rings. The van der Waals surface area contributed by atoms with Crippen molar-refractivity contribution in [2.24, 2.45) is 0 Å². The van der Waals surface area contributed by atoms with Gasteiger partial charge >= 0.3 is 0 Å². The molecule has 6 aromatic carbocycles. The number of benzene rings is 6. The van der Waals surface area contributed by atoms with Crippen LogP contribution in [0.15, 0.2) is 115 Å². The first-order chi connectivity index (χ1) is 25.3. The molecule has 54 heavy (non-hydrogen) atoms. The Labute approximate surface area is 324 Å². The molecular formula is C53H55N. The third-order valence-corrected chi connectivity index (χ3v) is 13.4. The van der Waals surface area contributed by atoms with Crippen LogP contribution in [0.2, 0.25) is 0 Å². The van der Waals surface area contributed by atoms with E-state index in [4.69, 9.17) is 0 Å². The summed E-state index contributed by atoms with van der Waals surface area (Å²) in [7, 11) is 0. The first-order valence-corrected chi connectivity index (χ1v) is 20.0. The van der Waals surface area contributed by atoms with Gasteiger partial charge in [-0.3, -0.25) is 0 Å². The number of anilines is 3. The van der Waals surface area contributed by atoms with Crippen molar-refractivity contribution in [3.8, 4) is 33.4 Å². The lowest BCUT2D eigenvalue weighted by Crippen LogP contribution is -2.21. The van der Waals surface area contributed by atoms with E-state index in [1.807, 2.05) is 0 Å². The maximum absolute atomic E-state index is 2.65. The summed E-state index contributed by atoms with van der Waals surface area (Å²) in [4.78, 5) is 2.65. The van der Waals surface area contributed by atoms with E-state index in [0.717, 1.165) is 0 Å². The maximum atomic E-state index is 2.65. The van der Waals surface area contributed by atoms with Gasteiger partial charge in [0.15, 0.2) is 0 Å². The summed E-state index contributed by atoms with van der Waals surface area (Å²) in [6.07, 6.45) is 0. The highest BCUT2D eigenvalue weighted by Crippen LogP contribution is 2.60. The van der Waals surface area contributed by atoms with Crippen LogP contribution in [0.5, 0.6) is 0 Å². The Kier molecular flexibility index (Phi) is 7.16. The molecule has 0 saturated carbocycles. The first-order valence-electron chi connectivity index (χ1n) is 20.0. The van der Waals surface area contributed by atoms with Gasteiger partial charge in [0.1, 0.15) is 0 Å². The Morgan fingerprint density at radius 3 is 1.54 bits per heavy atom. The van der Waals surface area contributed by atoms with Crippen LogP contribution in [-0.2, 0) is 27.1 Å². The minimum absolute atomic E-state index is 0.0499. The van der Waals surface area contributed by atoms with Crippen LogP contribution in [0.4, 0.5) is 17.1 Å². The van der Waals surface area contributed by atoms with Crippen LogP contribution in [0.3, 0.4) is 0 Å². The molecule has 3 aliphatic carbocycles. The standard InChI is InChI=1S/C53H55N/c1-49(2,3)32-24-26-38-42(28-32)53(11,12)44-29-33(50(4,5)6)30-46(48(38)44)54(34-25-27-36-35-18-13-15-20-39(35)52(9,10)43(36)31-34)45-23-17-22-41-47(45)37-19-14-16-21-40(37)51(41,7)8/h13-31H,1-12H3. The molecule has 272 valence electrons. The largest absolute Gasteiger partial charge is 0.309 e. The summed E-state index contributed by atoms with van der Waals surface area (Å²) in [5.74, 6) is 0. The predicted octanol–water partition coefficient (Wildman–Crippen LogP) is 14.7. The monoisotopic (exact) mass is 705 g/mol. The normalized spacial score (nSPS) is 16.6. The summed E-state index contributed by atoms with van der Waals surface area (Å²) in [5, 5.41) is 0. The minimum atomic E-state index is -0.164. The molecule has 0 aromatic heterocycles. The zero-order valence-electron chi connectivity index (χ0n) is 34.4. The van der Waals surface area contributed by atoms with E-state index in [-0.39, 0.29) is 27.1 Å². The van der Waals surface area contributed by atoms with E-state index in [1.165, 1.54) is 95.0 Å². The van der Waals surface area contributed by atoms with Crippen molar-refractivity contribution in [2.75, 3.05) is 4.90 Å². The second-order valence-corrected chi connectivity index (χ2v) is 19.9. The summed E-state index contributed by atoms with van der Waals surface area (Å²) in [5.41, 5.74) is 22.6. The van der Waals surface area contributed by atoms with Crippen molar-refractivity contribution < 1.29 is 0 Å². The lowest BCUT2D eigenvalue weighted by molar-refractivity contribution is 0.580. The topological polar surface area (TPSA) is 3.24 Å². The van der Waals surface area contributed by atoms with E-state index < -0.39 is 0 Å². The Morgan fingerprint density at radius 1 is 0.370 bits per heavy atom. The lowest BCUT2D eigenvalue weighted by Gasteiger charge is -2.34. The molecular weight excluding hydrogens is 651 g/mol. The van der Waals surface area contributed by atoms with E-state index in [9.17, 15) is 0 Å². The van der Waals surface area contributed by atoms with Gasteiger partial charge in [-0.05, 0) is 102 Å². The van der Waals surface area contributed by atoms with Crippen molar-refractivity contribution >= 4 is 17.1 Å². The Morgan fingerprint density at radius 2 is 0.852 bits per heavy atom. The quantitative estimate of drug-likeness (QED) is 0.177. The second-order valence-electron chi connectivity index (χ2n) is 19.9. The number of hydrogen-bond acceptors (Lipinski definition) is 1. The van der Waals surface area contributed by atoms with Crippen LogP contribution in [0.1, 0.15) is 128 Å². The van der Waals surface area contributed by atoms with Crippen molar-refractivity contribution in [1.82, 2.24) is 0 Å². The van der Waals surface area contributed by atoms with Gasteiger partial charge in [-0.2, -0.15) is 0 Å². The fraction of sp³-hybridized carbons (Fsp3) is 0.321. The fourth-order valence-corrected chi connectivity index (χ4v) is 10.1. The van der Waals surface area contributed by atoms with Crippen molar-refractivity contribution in [1.29, 1.82) is 0 Å². The summed E-state index contributed by atoms with van der Waals surface area (Å²) >= 11 is 0. The molecule has 0 unspecified atom stereocenters. The second kappa shape index (κ2) is 11.1. The van der Waals surface area contributed by atoms with Crippen molar-refractivity contribution in [2.45, 2.75) is 110 Å². The predicted molar refractivity (Wildman–Crippen MR) is 231 cm³/mol. The van der Waals surface area contributed by atoms with E-state index in [0.29, 0.717) is 0 Å². The number of fused-ring (bicyclic) bond motifs is 9. The van der Waals surface area contributed by atoms with Crippen LogP contribution >= 0.6 is 0 Å². The van der Waals surface area contributed by atoms with Crippen molar-refractivity contribution in [3.63, 3.8) is 0 Å². The highest BCUT2D eigenvalue weighted by molar-refractivity contribution is 6.01. The maximum Gasteiger partial charge on any atom is 0.0546 e. The highest BCUT2D eigenvalue weighted by Gasteiger charge is 2.43. The van der Waals surface area contributed by atoms with E-state index in [2.05, 4.69) is 203 Å². The SMILES string of the molecule is CC(C)(C)c1ccc2c(c1)C(C)(C)c1cc(C(C)(C)C)cc(N(c3ccc4c(c3)C(C)(C)c3ccccc3-4)c3cccc4c3-c3ccccc3C4(C)C)c1-2. The van der Waals surface area contributed by atoms with Gasteiger partial charge in [-0.15, -0.1) is 0 Å². The number of rotatable bonds is 3. The summed E-state index contributed by atoms with van der Waals surface area (Å²) in [6.45, 7) is 28.6. The van der Waals surface area contributed by atoms with Crippen molar-refractivity contribution in [3.05, 3.63) is 160 Å². The Hall–Kier alpha value is -4.88. The van der Waals surface area contributed by atoms with Gasteiger partial charge in [0, 0.05) is 33.1 Å². The zero-order valence-corrected chi connectivity index (χ0v) is 34.4. The first kappa shape index (κ1) is 34.9. The third-order valence-electron chi connectivity index (χ3n) is 13.4. The molecule has 0 spiro atoms. The van der Waals surface area contributed by atoms with Gasteiger partial charge in [-0.25, -0.2) is 0 Å². The summed E-state index contributed by atoms with van der Waals surface area (Å²) in [6, 6.07) is 44.8. The van der Waals surface area contributed by atoms with Gasteiger partial charge in [0.05, 0.1) is 11.4 Å². The Bertz CT molecular complexity index is 2540. The molecule has 0 N–H and O–H groups in total. The molecule has 0 radical (unpaired) electrons. The van der Waals surface area contributed by atoms with Gasteiger partial charge in [0.2, 0.25) is 0 Å². The summed E-state index contributed by atoms with van der Waals surface area (Å²) < 4.78 is 0. The minimum Gasteiger partial charge on any atom is -0.309 e. The lowest BCUT2D eigenvalue weighted by atomic mass is 9.77. The smallest absolute Gasteiger partial charge is 0.0546 e. The molecule has 0 saturated heterocycles. The zero-order chi connectivity index (χ0) is 38.3. The molecule has 0 heterocycles. The third kappa shape index (κ3) is 4.76. The van der Waals surface area contributed by atoms with Crippen LogP contribution in [0, 0.1) is 0 Å². The molecule has 0 amide bonds. The Balaban J connectivity index is 1.40. The molecule has 0 atom stereocenters. The van der Waals surface area contributed by atoms with Gasteiger partial charge in [0.25, 0.3) is 0 Å². The fourth-order valence-electron chi connectivity index (χ4n) is 10.1. The molecule has 1 nitrogen and oxygen atoms in total. The average molecular weight is 706 g/mol. The molecule has 0 aliphatic heterocycles. The highest BCUT2D eigenvalue weighted by atomic mass is 15.1. The molecule has 1 heteroatoms. The number of nitrogens with zero attached hydrogens (tertiary/aromatic N) is 1. The molecule has 9 rings (SSSR count). The molecule has 0 bridgehead atoms. The number of hydrogen-bond donors (Lipinski definition) is 0. The van der Waals surface area contributed by atoms with Gasteiger partial charge in [-0.1, -0.05) is 174 Å². The van der Waals surface area contributed by atoms with Crippen LogP contribution in [0.25, 0.3) is 33.4 Å². The van der Waals surface area contributed by atoms with Gasteiger partial charge < -0.3 is 4.90 Å². The van der Waals surface area contributed by atoms with Crippen LogP contribution in [-0.4, -0.2) is 0 Å². The molecule has 6 aromatic rings. The van der Waals surface area contributed by atoms with E-state index in [1.54, 1.807) is 0 Å². The van der Waals surface area contributed by atoms with Crippen LogP contribution < -0.4 is 4.90 Å². The van der Waals surface area contributed by atoms with E-state index >= 15 is 0 Å². The average Bonchev–Trinajstić information content (AvgIpc) is 3.61. The molecule has 0 fully saturated rings.